The van der Waals surface area contributed by atoms with E-state index in [4.69, 9.17) is 4.74 Å². The Kier molecular flexibility index (Phi) is 6.70. The van der Waals surface area contributed by atoms with Gasteiger partial charge in [0.05, 0.1) is 23.9 Å². The molecule has 0 rings (SSSR count). The Labute approximate surface area is 123 Å². The van der Waals surface area contributed by atoms with Gasteiger partial charge in [0.2, 0.25) is 0 Å². The van der Waals surface area contributed by atoms with Crippen molar-refractivity contribution in [3.63, 3.8) is 0 Å². The average Bonchev–Trinajstić information content (AvgIpc) is 2.32. The predicted octanol–water partition coefficient (Wildman–Crippen LogP) is 3.49. The Balaban J connectivity index is 4.51. The van der Waals surface area contributed by atoms with E-state index in [0.717, 1.165) is 0 Å². The fourth-order valence-electron chi connectivity index (χ4n) is 1.18. The molecule has 0 saturated heterocycles. The van der Waals surface area contributed by atoms with Crippen LogP contribution in [0.1, 0.15) is 47.5 Å². The molecular weight excluding hydrogens is 289 g/mol. The molecule has 124 valence electrons. The summed E-state index contributed by atoms with van der Waals surface area (Å²) in [6, 6.07) is 0. The lowest BCUT2D eigenvalue weighted by molar-refractivity contribution is -0.173. The molecule has 0 radical (unpaired) electrons. The number of halogens is 3. The molecule has 21 heavy (non-hydrogen) atoms. The van der Waals surface area contributed by atoms with E-state index in [1.807, 2.05) is 0 Å². The lowest BCUT2D eigenvalue weighted by atomic mass is 9.88. The Bertz CT molecular complexity index is 371. The molecule has 0 aromatic rings. The van der Waals surface area contributed by atoms with E-state index < -0.39 is 42.0 Å². The average molecular weight is 312 g/mol. The summed E-state index contributed by atoms with van der Waals surface area (Å²) in [5, 5.41) is 0. The van der Waals surface area contributed by atoms with Crippen LogP contribution in [0, 0.1) is 10.8 Å². The molecule has 0 N–H and O–H groups in total. The van der Waals surface area contributed by atoms with Crippen molar-refractivity contribution in [3.05, 3.63) is 0 Å². The highest BCUT2D eigenvalue weighted by molar-refractivity contribution is 5.78. The predicted molar refractivity (Wildman–Crippen MR) is 70.4 cm³/mol. The highest BCUT2D eigenvalue weighted by atomic mass is 19.4. The summed E-state index contributed by atoms with van der Waals surface area (Å²) in [6.07, 6.45) is -5.28. The van der Waals surface area contributed by atoms with E-state index in [1.165, 1.54) is 6.92 Å². The molecule has 0 bridgehead atoms. The van der Waals surface area contributed by atoms with Gasteiger partial charge in [-0.25, -0.2) is 0 Å². The zero-order valence-corrected chi connectivity index (χ0v) is 13.1. The van der Waals surface area contributed by atoms with Crippen molar-refractivity contribution in [3.8, 4) is 0 Å². The second-order valence-electron chi connectivity index (χ2n) is 6.24. The van der Waals surface area contributed by atoms with Crippen molar-refractivity contribution in [2.24, 2.45) is 10.8 Å². The van der Waals surface area contributed by atoms with Crippen molar-refractivity contribution >= 4 is 11.9 Å². The molecule has 1 unspecified atom stereocenters. The summed E-state index contributed by atoms with van der Waals surface area (Å²) in [7, 11) is 0. The number of alkyl halides is 3. The Hall–Kier alpha value is -1.27. The molecule has 0 amide bonds. The van der Waals surface area contributed by atoms with Crippen molar-refractivity contribution < 1.29 is 32.2 Å². The van der Waals surface area contributed by atoms with E-state index >= 15 is 0 Å². The Morgan fingerprint density at radius 3 is 1.86 bits per heavy atom. The number of carbonyl (C=O) groups is 2. The van der Waals surface area contributed by atoms with Gasteiger partial charge in [-0.2, -0.15) is 13.2 Å². The van der Waals surface area contributed by atoms with Crippen LogP contribution >= 0.6 is 0 Å². The van der Waals surface area contributed by atoms with Gasteiger partial charge < -0.3 is 9.47 Å². The van der Waals surface area contributed by atoms with E-state index in [1.54, 1.807) is 27.7 Å². The maximum atomic E-state index is 12.0. The number of hydrogen-bond acceptors (Lipinski definition) is 4. The van der Waals surface area contributed by atoms with Crippen LogP contribution < -0.4 is 0 Å². The first-order valence-corrected chi connectivity index (χ1v) is 6.73. The standard InChI is InChI=1S/C14H23F3O4/c1-6-13(5,9-21-10(18)12(2,3)4)11(19)20-8-7-14(15,16)17/h6-9H2,1-5H3. The van der Waals surface area contributed by atoms with E-state index in [2.05, 4.69) is 4.74 Å². The first kappa shape index (κ1) is 19.7. The molecule has 4 nitrogen and oxygen atoms in total. The number of hydrogen-bond donors (Lipinski definition) is 0. The van der Waals surface area contributed by atoms with Crippen LogP contribution in [-0.2, 0) is 19.1 Å². The van der Waals surface area contributed by atoms with Crippen LogP contribution in [-0.4, -0.2) is 31.3 Å². The topological polar surface area (TPSA) is 52.6 Å². The number of ether oxygens (including phenoxy) is 2. The second-order valence-corrected chi connectivity index (χ2v) is 6.24. The summed E-state index contributed by atoms with van der Waals surface area (Å²) < 4.78 is 45.7. The minimum absolute atomic E-state index is 0.218. The fraction of sp³-hybridized carbons (Fsp3) is 0.857. The molecule has 0 spiro atoms. The largest absolute Gasteiger partial charge is 0.465 e. The molecule has 7 heteroatoms. The molecular formula is C14H23F3O4. The van der Waals surface area contributed by atoms with Crippen molar-refractivity contribution in [1.82, 2.24) is 0 Å². The number of rotatable bonds is 6. The molecule has 0 heterocycles. The van der Waals surface area contributed by atoms with Crippen molar-refractivity contribution in [2.75, 3.05) is 13.2 Å². The zero-order chi connectivity index (χ0) is 16.9. The molecule has 0 aliphatic rings. The van der Waals surface area contributed by atoms with E-state index in [-0.39, 0.29) is 13.0 Å². The Morgan fingerprint density at radius 2 is 1.48 bits per heavy atom. The molecule has 0 fully saturated rings. The lowest BCUT2D eigenvalue weighted by Crippen LogP contribution is -2.37. The van der Waals surface area contributed by atoms with Crippen molar-refractivity contribution in [2.45, 2.75) is 53.6 Å². The van der Waals surface area contributed by atoms with Crippen LogP contribution in [0.2, 0.25) is 0 Å². The third-order valence-electron chi connectivity index (χ3n) is 3.03. The molecule has 0 aromatic carbocycles. The first-order valence-electron chi connectivity index (χ1n) is 6.73. The monoisotopic (exact) mass is 312 g/mol. The van der Waals surface area contributed by atoms with Gasteiger partial charge in [-0.3, -0.25) is 9.59 Å². The highest BCUT2D eigenvalue weighted by Crippen LogP contribution is 2.26. The number of esters is 2. The lowest BCUT2D eigenvalue weighted by Gasteiger charge is -2.27. The van der Waals surface area contributed by atoms with Gasteiger partial charge in [-0.05, 0) is 34.1 Å². The molecule has 1 atom stereocenters. The maximum Gasteiger partial charge on any atom is 0.392 e. The van der Waals surface area contributed by atoms with Crippen molar-refractivity contribution in [1.29, 1.82) is 0 Å². The highest BCUT2D eigenvalue weighted by Gasteiger charge is 2.37. The van der Waals surface area contributed by atoms with Crippen LogP contribution in [0.5, 0.6) is 0 Å². The zero-order valence-electron chi connectivity index (χ0n) is 13.1. The van der Waals surface area contributed by atoms with Crippen LogP contribution in [0.25, 0.3) is 0 Å². The Morgan fingerprint density at radius 1 is 0.952 bits per heavy atom. The number of carbonyl (C=O) groups excluding carboxylic acids is 2. The second kappa shape index (κ2) is 7.13. The quantitative estimate of drug-likeness (QED) is 0.705. The summed E-state index contributed by atoms with van der Waals surface area (Å²) in [6.45, 7) is 7.23. The molecule has 0 aliphatic heterocycles. The smallest absolute Gasteiger partial charge is 0.392 e. The van der Waals surface area contributed by atoms with Gasteiger partial charge >= 0.3 is 18.1 Å². The summed E-state index contributed by atoms with van der Waals surface area (Å²) in [4.78, 5) is 23.5. The fourth-order valence-corrected chi connectivity index (χ4v) is 1.18. The first-order chi connectivity index (χ1) is 9.32. The van der Waals surface area contributed by atoms with E-state index in [9.17, 15) is 22.8 Å². The SMILES string of the molecule is CCC(C)(COC(=O)C(C)(C)C)C(=O)OCCC(F)(F)F. The van der Waals surface area contributed by atoms with Crippen LogP contribution in [0.3, 0.4) is 0 Å². The third-order valence-corrected chi connectivity index (χ3v) is 3.03. The van der Waals surface area contributed by atoms with Gasteiger partial charge in [0.25, 0.3) is 0 Å². The molecule has 0 aromatic heterocycles. The minimum atomic E-state index is -4.37. The molecule has 0 saturated carbocycles. The van der Waals surface area contributed by atoms with E-state index in [0.29, 0.717) is 0 Å². The normalized spacial score (nSPS) is 15.2. The summed E-state index contributed by atoms with van der Waals surface area (Å²) in [5.74, 6) is -1.28. The van der Waals surface area contributed by atoms with Crippen LogP contribution in [0.4, 0.5) is 13.2 Å². The summed E-state index contributed by atoms with van der Waals surface area (Å²) in [5.41, 5.74) is -1.86. The van der Waals surface area contributed by atoms with Gasteiger partial charge in [-0.1, -0.05) is 6.92 Å². The van der Waals surface area contributed by atoms with Crippen LogP contribution in [0.15, 0.2) is 0 Å². The third kappa shape index (κ3) is 7.34. The minimum Gasteiger partial charge on any atom is -0.465 e. The van der Waals surface area contributed by atoms with Gasteiger partial charge in [0.15, 0.2) is 0 Å². The van der Waals surface area contributed by atoms with Gasteiger partial charge in [0.1, 0.15) is 6.61 Å². The summed E-state index contributed by atoms with van der Waals surface area (Å²) >= 11 is 0. The van der Waals surface area contributed by atoms with Gasteiger partial charge in [0, 0.05) is 0 Å². The molecule has 0 aliphatic carbocycles. The maximum absolute atomic E-state index is 12.0. The van der Waals surface area contributed by atoms with Gasteiger partial charge in [-0.15, -0.1) is 0 Å².